The minimum Gasteiger partial charge on any atom is -0.387 e. The first-order chi connectivity index (χ1) is 7.15. The Labute approximate surface area is 86.1 Å². The van der Waals surface area contributed by atoms with Crippen LogP contribution in [0.3, 0.4) is 0 Å². The smallest absolute Gasteiger partial charge is 0.326 e. The third kappa shape index (κ3) is 1.45. The summed E-state index contributed by atoms with van der Waals surface area (Å²) >= 11 is 0. The molecular weight excluding hydrogens is 194 g/mol. The van der Waals surface area contributed by atoms with E-state index in [0.29, 0.717) is 16.6 Å². The molecular formula is C10H13N3O2. The summed E-state index contributed by atoms with van der Waals surface area (Å²) in [6.07, 6.45) is -0.741. The van der Waals surface area contributed by atoms with Crippen LogP contribution in [-0.2, 0) is 7.05 Å². The number of aliphatic hydroxyl groups excluding tert-OH is 1. The summed E-state index contributed by atoms with van der Waals surface area (Å²) in [4.78, 5) is 14.1. The molecule has 1 aromatic heterocycles. The number of nitrogens with two attached hydrogens (primary N) is 1. The van der Waals surface area contributed by atoms with Gasteiger partial charge in [-0.3, -0.25) is 4.57 Å². The number of H-pyrrole nitrogens is 1. The van der Waals surface area contributed by atoms with Gasteiger partial charge >= 0.3 is 5.69 Å². The van der Waals surface area contributed by atoms with Crippen LogP contribution in [0.5, 0.6) is 0 Å². The Kier molecular flexibility index (Phi) is 2.34. The van der Waals surface area contributed by atoms with E-state index in [-0.39, 0.29) is 12.2 Å². The number of imidazole rings is 1. The van der Waals surface area contributed by atoms with Crippen molar-refractivity contribution >= 4 is 11.0 Å². The number of aromatic nitrogens is 2. The topological polar surface area (TPSA) is 84.0 Å². The Morgan fingerprint density at radius 1 is 1.60 bits per heavy atom. The molecule has 15 heavy (non-hydrogen) atoms. The van der Waals surface area contributed by atoms with Crippen LogP contribution in [0.25, 0.3) is 11.0 Å². The molecule has 0 spiro atoms. The number of hydrogen-bond acceptors (Lipinski definition) is 3. The number of nitrogens with one attached hydrogen (secondary N) is 1. The molecule has 0 radical (unpaired) electrons. The second kappa shape index (κ2) is 3.52. The highest BCUT2D eigenvalue weighted by atomic mass is 16.3. The van der Waals surface area contributed by atoms with Gasteiger partial charge < -0.3 is 15.8 Å². The summed E-state index contributed by atoms with van der Waals surface area (Å²) in [7, 11) is 1.66. The Morgan fingerprint density at radius 2 is 2.33 bits per heavy atom. The van der Waals surface area contributed by atoms with E-state index in [9.17, 15) is 9.90 Å². The summed E-state index contributed by atoms with van der Waals surface area (Å²) in [5.74, 6) is 0. The molecule has 0 aliphatic carbocycles. The molecule has 5 nitrogen and oxygen atoms in total. The third-order valence-electron chi connectivity index (χ3n) is 2.53. The number of aryl methyl sites for hydroxylation is 1. The zero-order chi connectivity index (χ0) is 11.0. The highest BCUT2D eigenvalue weighted by Gasteiger charge is 2.13. The van der Waals surface area contributed by atoms with E-state index in [1.807, 2.05) is 0 Å². The Balaban J connectivity index is 2.80. The van der Waals surface area contributed by atoms with Crippen LogP contribution in [0.15, 0.2) is 23.0 Å². The number of aromatic amines is 1. The Hall–Kier alpha value is -1.59. The first-order valence-corrected chi connectivity index (χ1v) is 4.71. The quantitative estimate of drug-likeness (QED) is 0.640. The van der Waals surface area contributed by atoms with Gasteiger partial charge in [-0.05, 0) is 6.07 Å². The number of nitrogens with zero attached hydrogens (tertiary/aromatic N) is 1. The molecule has 0 bridgehead atoms. The monoisotopic (exact) mass is 207 g/mol. The predicted molar refractivity (Wildman–Crippen MR) is 57.6 cm³/mol. The van der Waals surface area contributed by atoms with Crippen molar-refractivity contribution in [2.75, 3.05) is 6.54 Å². The van der Waals surface area contributed by atoms with Crippen molar-refractivity contribution < 1.29 is 5.11 Å². The number of hydrogen-bond donors (Lipinski definition) is 3. The van der Waals surface area contributed by atoms with Crippen LogP contribution in [-0.4, -0.2) is 21.2 Å². The summed E-state index contributed by atoms with van der Waals surface area (Å²) in [5.41, 5.74) is 7.31. The number of fused-ring (bicyclic) bond motifs is 1. The molecule has 4 N–H and O–H groups in total. The number of rotatable bonds is 2. The van der Waals surface area contributed by atoms with Gasteiger partial charge in [-0.2, -0.15) is 0 Å². The van der Waals surface area contributed by atoms with E-state index in [4.69, 9.17) is 5.73 Å². The molecule has 5 heteroatoms. The molecule has 1 aromatic carbocycles. The SMILES string of the molecule is Cn1c(=O)[nH]c2cccc(C(O)CN)c21. The lowest BCUT2D eigenvalue weighted by Crippen LogP contribution is -2.15. The lowest BCUT2D eigenvalue weighted by atomic mass is 10.1. The van der Waals surface area contributed by atoms with Crippen molar-refractivity contribution in [1.82, 2.24) is 9.55 Å². The van der Waals surface area contributed by atoms with E-state index in [1.54, 1.807) is 25.2 Å². The Bertz CT molecular complexity index is 541. The third-order valence-corrected chi connectivity index (χ3v) is 2.53. The fourth-order valence-corrected chi connectivity index (χ4v) is 1.73. The molecule has 2 rings (SSSR count). The molecule has 1 atom stereocenters. The van der Waals surface area contributed by atoms with Crippen LogP contribution < -0.4 is 11.4 Å². The van der Waals surface area contributed by atoms with Gasteiger partial charge in [0.15, 0.2) is 0 Å². The van der Waals surface area contributed by atoms with E-state index in [2.05, 4.69) is 4.98 Å². The van der Waals surface area contributed by atoms with Gasteiger partial charge in [0, 0.05) is 19.2 Å². The summed E-state index contributed by atoms with van der Waals surface area (Å²) in [6.45, 7) is 0.137. The van der Waals surface area contributed by atoms with Crippen molar-refractivity contribution in [3.8, 4) is 0 Å². The van der Waals surface area contributed by atoms with Crippen molar-refractivity contribution in [2.45, 2.75) is 6.10 Å². The molecule has 0 aliphatic heterocycles. The maximum absolute atomic E-state index is 11.4. The fraction of sp³-hybridized carbons (Fsp3) is 0.300. The van der Waals surface area contributed by atoms with Gasteiger partial charge in [0.2, 0.25) is 0 Å². The fourth-order valence-electron chi connectivity index (χ4n) is 1.73. The minimum atomic E-state index is -0.741. The molecule has 80 valence electrons. The van der Waals surface area contributed by atoms with Crippen molar-refractivity contribution in [3.63, 3.8) is 0 Å². The van der Waals surface area contributed by atoms with Gasteiger partial charge in [-0.25, -0.2) is 4.79 Å². The molecule has 0 fully saturated rings. The molecule has 0 saturated heterocycles. The second-order valence-corrected chi connectivity index (χ2v) is 3.48. The van der Waals surface area contributed by atoms with E-state index in [0.717, 1.165) is 0 Å². The molecule has 1 unspecified atom stereocenters. The average Bonchev–Trinajstić information content (AvgIpc) is 2.54. The Morgan fingerprint density at radius 3 is 3.00 bits per heavy atom. The van der Waals surface area contributed by atoms with Gasteiger partial charge in [0.05, 0.1) is 17.1 Å². The van der Waals surface area contributed by atoms with E-state index in [1.165, 1.54) is 4.57 Å². The first kappa shape index (κ1) is 9.95. The maximum atomic E-state index is 11.4. The number of aliphatic hydroxyl groups is 1. The van der Waals surface area contributed by atoms with Crippen LogP contribution in [0.4, 0.5) is 0 Å². The van der Waals surface area contributed by atoms with Crippen molar-refractivity contribution in [2.24, 2.45) is 12.8 Å². The van der Waals surface area contributed by atoms with Crippen LogP contribution in [0.1, 0.15) is 11.7 Å². The normalized spacial score (nSPS) is 13.3. The molecule has 1 heterocycles. The highest BCUT2D eigenvalue weighted by Crippen LogP contribution is 2.21. The summed E-state index contributed by atoms with van der Waals surface area (Å²) < 4.78 is 1.48. The standard InChI is InChI=1S/C10H13N3O2/c1-13-9-6(8(14)5-11)3-2-4-7(9)12-10(13)15/h2-4,8,14H,5,11H2,1H3,(H,12,15). The zero-order valence-electron chi connectivity index (χ0n) is 8.40. The molecule has 0 saturated carbocycles. The van der Waals surface area contributed by atoms with Crippen molar-refractivity contribution in [3.05, 3.63) is 34.2 Å². The number of benzene rings is 1. The molecule has 2 aromatic rings. The van der Waals surface area contributed by atoms with Gasteiger partial charge in [-0.15, -0.1) is 0 Å². The van der Waals surface area contributed by atoms with Gasteiger partial charge in [0.1, 0.15) is 0 Å². The van der Waals surface area contributed by atoms with Crippen LogP contribution in [0, 0.1) is 0 Å². The van der Waals surface area contributed by atoms with Gasteiger partial charge in [0.25, 0.3) is 0 Å². The zero-order valence-corrected chi connectivity index (χ0v) is 8.40. The van der Waals surface area contributed by atoms with E-state index < -0.39 is 6.10 Å². The van der Waals surface area contributed by atoms with Crippen LogP contribution >= 0.6 is 0 Å². The largest absolute Gasteiger partial charge is 0.387 e. The summed E-state index contributed by atoms with van der Waals surface area (Å²) in [5, 5.41) is 9.71. The molecule has 0 aliphatic rings. The second-order valence-electron chi connectivity index (χ2n) is 3.48. The van der Waals surface area contributed by atoms with E-state index >= 15 is 0 Å². The minimum absolute atomic E-state index is 0.137. The lowest BCUT2D eigenvalue weighted by Gasteiger charge is -2.09. The first-order valence-electron chi connectivity index (χ1n) is 4.71. The highest BCUT2D eigenvalue weighted by molar-refractivity contribution is 5.79. The van der Waals surface area contributed by atoms with Crippen LogP contribution in [0.2, 0.25) is 0 Å². The maximum Gasteiger partial charge on any atom is 0.326 e. The lowest BCUT2D eigenvalue weighted by molar-refractivity contribution is 0.188. The average molecular weight is 207 g/mol. The van der Waals surface area contributed by atoms with Crippen molar-refractivity contribution in [1.29, 1.82) is 0 Å². The molecule has 0 amide bonds. The van der Waals surface area contributed by atoms with Gasteiger partial charge in [-0.1, -0.05) is 12.1 Å². The predicted octanol–water partition coefficient (Wildman–Crippen LogP) is -0.141. The summed E-state index contributed by atoms with van der Waals surface area (Å²) in [6, 6.07) is 5.35. The number of para-hydroxylation sites is 1.